The average molecular weight is 173 g/mol. The van der Waals surface area contributed by atoms with Gasteiger partial charge >= 0.3 is 0 Å². The molecule has 0 rings (SSSR count). The third-order valence-electron chi connectivity index (χ3n) is 2.58. The Balaban J connectivity index is 3.84. The normalized spacial score (nSPS) is 15.2. The van der Waals surface area contributed by atoms with Gasteiger partial charge in [-0.1, -0.05) is 20.8 Å². The molecule has 0 saturated carbocycles. The van der Waals surface area contributed by atoms with Crippen molar-refractivity contribution in [3.05, 3.63) is 0 Å². The minimum absolute atomic E-state index is 0.293. The van der Waals surface area contributed by atoms with E-state index >= 15 is 0 Å². The van der Waals surface area contributed by atoms with E-state index in [1.165, 1.54) is 0 Å². The van der Waals surface area contributed by atoms with Gasteiger partial charge in [0.25, 0.3) is 0 Å². The van der Waals surface area contributed by atoms with Gasteiger partial charge in [0, 0.05) is 19.2 Å². The Morgan fingerprint density at radius 3 is 2.17 bits per heavy atom. The Morgan fingerprint density at radius 2 is 1.83 bits per heavy atom. The molecule has 0 saturated heterocycles. The molecular formula is C10H23NO. The Hall–Kier alpha value is -0.0800. The minimum atomic E-state index is 0.293. The zero-order valence-corrected chi connectivity index (χ0v) is 9.09. The molecule has 0 amide bonds. The molecule has 2 nitrogen and oxygen atoms in total. The quantitative estimate of drug-likeness (QED) is 0.700. The minimum Gasteiger partial charge on any atom is -0.396 e. The van der Waals surface area contributed by atoms with E-state index in [9.17, 15) is 0 Å². The molecule has 1 atom stereocenters. The van der Waals surface area contributed by atoms with Crippen LogP contribution in [0.25, 0.3) is 0 Å². The van der Waals surface area contributed by atoms with Crippen molar-refractivity contribution in [2.45, 2.75) is 40.2 Å². The summed E-state index contributed by atoms with van der Waals surface area (Å²) in [6, 6.07) is 0.559. The van der Waals surface area contributed by atoms with Gasteiger partial charge in [0.05, 0.1) is 0 Å². The number of aliphatic hydroxyl groups excluding tert-OH is 1. The molecule has 0 aliphatic heterocycles. The fourth-order valence-corrected chi connectivity index (χ4v) is 1.17. The highest BCUT2D eigenvalue weighted by molar-refractivity contribution is 4.77. The predicted molar refractivity (Wildman–Crippen MR) is 53.2 cm³/mol. The Kier molecular flexibility index (Phi) is 4.80. The maximum absolute atomic E-state index is 8.67. The summed E-state index contributed by atoms with van der Waals surface area (Å²) in [5.41, 5.74) is 0.324. The van der Waals surface area contributed by atoms with Crippen LogP contribution in [0.2, 0.25) is 0 Å². The Morgan fingerprint density at radius 1 is 1.33 bits per heavy atom. The summed E-state index contributed by atoms with van der Waals surface area (Å²) < 4.78 is 0. The van der Waals surface area contributed by atoms with E-state index in [1.54, 1.807) is 0 Å². The first kappa shape index (κ1) is 11.9. The molecule has 12 heavy (non-hydrogen) atoms. The predicted octanol–water partition coefficient (Wildman–Crippen LogP) is 1.74. The van der Waals surface area contributed by atoms with Crippen molar-refractivity contribution < 1.29 is 5.11 Å². The zero-order valence-electron chi connectivity index (χ0n) is 9.09. The largest absolute Gasteiger partial charge is 0.396 e. The first-order valence-electron chi connectivity index (χ1n) is 4.70. The molecule has 0 radical (unpaired) electrons. The molecule has 0 aromatic heterocycles. The smallest absolute Gasteiger partial charge is 0.0443 e. The van der Waals surface area contributed by atoms with Crippen LogP contribution < -0.4 is 0 Å². The van der Waals surface area contributed by atoms with Gasteiger partial charge in [-0.2, -0.15) is 0 Å². The van der Waals surface area contributed by atoms with Crippen molar-refractivity contribution in [3.8, 4) is 0 Å². The molecule has 0 aromatic rings. The van der Waals surface area contributed by atoms with E-state index < -0.39 is 0 Å². The zero-order chi connectivity index (χ0) is 9.78. The van der Waals surface area contributed by atoms with Gasteiger partial charge in [0.1, 0.15) is 0 Å². The summed E-state index contributed by atoms with van der Waals surface area (Å²) in [5, 5.41) is 8.67. The molecule has 0 fully saturated rings. The van der Waals surface area contributed by atoms with Crippen molar-refractivity contribution in [1.29, 1.82) is 0 Å². The number of rotatable bonds is 4. The van der Waals surface area contributed by atoms with Crippen LogP contribution in [0.5, 0.6) is 0 Å². The molecule has 0 spiro atoms. The number of hydrogen-bond acceptors (Lipinski definition) is 2. The van der Waals surface area contributed by atoms with Gasteiger partial charge < -0.3 is 10.0 Å². The second-order valence-corrected chi connectivity index (χ2v) is 4.60. The lowest BCUT2D eigenvalue weighted by Crippen LogP contribution is -2.39. The van der Waals surface area contributed by atoms with Crippen LogP contribution in [0.3, 0.4) is 0 Å². The van der Waals surface area contributed by atoms with Crippen LogP contribution in [0.15, 0.2) is 0 Å². The van der Waals surface area contributed by atoms with Crippen molar-refractivity contribution >= 4 is 0 Å². The van der Waals surface area contributed by atoms with E-state index in [4.69, 9.17) is 5.11 Å². The molecule has 0 aliphatic carbocycles. The van der Waals surface area contributed by atoms with Gasteiger partial charge in [-0.25, -0.2) is 0 Å². The van der Waals surface area contributed by atoms with Crippen LogP contribution in [-0.2, 0) is 0 Å². The molecule has 0 aromatic carbocycles. The molecule has 0 heterocycles. The van der Waals surface area contributed by atoms with Gasteiger partial charge in [-0.05, 0) is 25.8 Å². The van der Waals surface area contributed by atoms with Crippen molar-refractivity contribution in [1.82, 2.24) is 4.90 Å². The van der Waals surface area contributed by atoms with Crippen LogP contribution in [0, 0.1) is 5.41 Å². The highest BCUT2D eigenvalue weighted by Gasteiger charge is 2.22. The van der Waals surface area contributed by atoms with Crippen molar-refractivity contribution in [2.24, 2.45) is 5.41 Å². The third-order valence-corrected chi connectivity index (χ3v) is 2.58. The van der Waals surface area contributed by atoms with Crippen molar-refractivity contribution in [3.63, 3.8) is 0 Å². The van der Waals surface area contributed by atoms with E-state index in [1.807, 2.05) is 0 Å². The molecule has 74 valence electrons. The second kappa shape index (κ2) is 4.83. The monoisotopic (exact) mass is 173 g/mol. The van der Waals surface area contributed by atoms with Crippen LogP contribution in [0.1, 0.15) is 34.1 Å². The van der Waals surface area contributed by atoms with Crippen LogP contribution >= 0.6 is 0 Å². The van der Waals surface area contributed by atoms with Crippen molar-refractivity contribution in [2.75, 3.05) is 20.2 Å². The summed E-state index contributed by atoms with van der Waals surface area (Å²) in [6.45, 7) is 10.2. The molecule has 0 aliphatic rings. The first-order valence-corrected chi connectivity index (χ1v) is 4.70. The van der Waals surface area contributed by atoms with E-state index in [0.717, 1.165) is 13.0 Å². The standard InChI is InChI=1S/C10H23NO/c1-9(10(2,3)4)11(5)7-6-8-12/h9,12H,6-8H2,1-5H3. The third kappa shape index (κ3) is 4.07. The summed E-state index contributed by atoms with van der Waals surface area (Å²) in [6.07, 6.45) is 0.872. The van der Waals surface area contributed by atoms with E-state index in [2.05, 4.69) is 39.6 Å². The summed E-state index contributed by atoms with van der Waals surface area (Å²) in [4.78, 5) is 2.30. The SMILES string of the molecule is CC(N(C)CCCO)C(C)(C)C. The lowest BCUT2D eigenvalue weighted by atomic mass is 9.87. The van der Waals surface area contributed by atoms with Gasteiger partial charge in [-0.3, -0.25) is 0 Å². The second-order valence-electron chi connectivity index (χ2n) is 4.60. The summed E-state index contributed by atoms with van der Waals surface area (Å²) in [5.74, 6) is 0. The fourth-order valence-electron chi connectivity index (χ4n) is 1.17. The topological polar surface area (TPSA) is 23.5 Å². The lowest BCUT2D eigenvalue weighted by Gasteiger charge is -2.35. The van der Waals surface area contributed by atoms with Crippen LogP contribution in [0.4, 0.5) is 0 Å². The molecule has 2 heteroatoms. The maximum atomic E-state index is 8.67. The molecule has 1 unspecified atom stereocenters. The van der Waals surface area contributed by atoms with E-state index in [0.29, 0.717) is 18.1 Å². The summed E-state index contributed by atoms with van der Waals surface area (Å²) in [7, 11) is 2.12. The Labute approximate surface area is 76.6 Å². The number of aliphatic hydroxyl groups is 1. The lowest BCUT2D eigenvalue weighted by molar-refractivity contribution is 0.131. The van der Waals surface area contributed by atoms with Gasteiger partial charge in [-0.15, -0.1) is 0 Å². The van der Waals surface area contributed by atoms with Crippen LogP contribution in [-0.4, -0.2) is 36.2 Å². The van der Waals surface area contributed by atoms with Gasteiger partial charge in [0.2, 0.25) is 0 Å². The highest BCUT2D eigenvalue weighted by atomic mass is 16.3. The maximum Gasteiger partial charge on any atom is 0.0443 e. The number of hydrogen-bond donors (Lipinski definition) is 1. The number of nitrogens with zero attached hydrogens (tertiary/aromatic N) is 1. The summed E-state index contributed by atoms with van der Waals surface area (Å²) >= 11 is 0. The first-order chi connectivity index (χ1) is 5.39. The Bertz CT molecular complexity index is 117. The van der Waals surface area contributed by atoms with E-state index in [-0.39, 0.29) is 0 Å². The molecular weight excluding hydrogens is 150 g/mol. The fraction of sp³-hybridized carbons (Fsp3) is 1.00. The highest BCUT2D eigenvalue weighted by Crippen LogP contribution is 2.22. The average Bonchev–Trinajstić information content (AvgIpc) is 1.97. The molecule has 0 bridgehead atoms. The molecule has 1 N–H and O–H groups in total. The van der Waals surface area contributed by atoms with Gasteiger partial charge in [0.15, 0.2) is 0 Å².